The highest BCUT2D eigenvalue weighted by molar-refractivity contribution is 5.95. The third kappa shape index (κ3) is 5.17. The van der Waals surface area contributed by atoms with Crippen LogP contribution in [0.1, 0.15) is 50.9 Å². The van der Waals surface area contributed by atoms with Gasteiger partial charge < -0.3 is 15.0 Å². The third-order valence-corrected chi connectivity index (χ3v) is 5.14. The van der Waals surface area contributed by atoms with Crippen molar-refractivity contribution in [2.24, 2.45) is 0 Å². The van der Waals surface area contributed by atoms with Crippen LogP contribution in [0, 0.1) is 12.7 Å². The van der Waals surface area contributed by atoms with E-state index in [1.54, 1.807) is 24.1 Å². The normalized spacial score (nSPS) is 14.7. The van der Waals surface area contributed by atoms with Gasteiger partial charge in [0.15, 0.2) is 0 Å². The van der Waals surface area contributed by atoms with E-state index in [4.69, 9.17) is 4.74 Å². The first-order chi connectivity index (χ1) is 14.0. The van der Waals surface area contributed by atoms with Crippen LogP contribution in [-0.2, 0) is 4.74 Å². The quantitative estimate of drug-likeness (QED) is 0.758. The maximum Gasteiger partial charge on any atom is 0.253 e. The summed E-state index contributed by atoms with van der Waals surface area (Å²) in [5.74, 6) is -0.658. The Balaban J connectivity index is 1.69. The van der Waals surface area contributed by atoms with Gasteiger partial charge in [-0.3, -0.25) is 14.6 Å². The second kappa shape index (κ2) is 9.60. The van der Waals surface area contributed by atoms with Crippen LogP contribution in [0.3, 0.4) is 0 Å². The van der Waals surface area contributed by atoms with Crippen LogP contribution in [0.5, 0.6) is 0 Å². The molecule has 0 bridgehead atoms. The number of benzene rings is 1. The Bertz CT molecular complexity index is 879. The fraction of sp³-hybridized carbons (Fsp3) is 0.409. The van der Waals surface area contributed by atoms with Gasteiger partial charge in [-0.05, 0) is 50.1 Å². The molecule has 2 aromatic rings. The minimum atomic E-state index is -0.418. The van der Waals surface area contributed by atoms with Gasteiger partial charge in [0.1, 0.15) is 5.82 Å². The van der Waals surface area contributed by atoms with Gasteiger partial charge in [0.2, 0.25) is 0 Å². The fourth-order valence-electron chi connectivity index (χ4n) is 3.60. The molecule has 1 fully saturated rings. The summed E-state index contributed by atoms with van der Waals surface area (Å²) >= 11 is 0. The molecule has 3 rings (SSSR count). The van der Waals surface area contributed by atoms with Crippen LogP contribution in [-0.4, -0.2) is 55.0 Å². The summed E-state index contributed by atoms with van der Waals surface area (Å²) in [6.45, 7) is 3.86. The van der Waals surface area contributed by atoms with Crippen molar-refractivity contribution in [1.82, 2.24) is 15.2 Å². The monoisotopic (exact) mass is 399 g/mol. The number of carbonyl (C=O) groups excluding carboxylic acids is 2. The summed E-state index contributed by atoms with van der Waals surface area (Å²) in [5.41, 5.74) is 2.56. The Morgan fingerprint density at radius 3 is 2.69 bits per heavy atom. The zero-order valence-corrected chi connectivity index (χ0v) is 16.8. The summed E-state index contributed by atoms with van der Waals surface area (Å²) in [6, 6.07) is 9.40. The molecule has 2 amide bonds. The average molecular weight is 399 g/mol. The number of likely N-dealkylation sites (tertiary alicyclic amines) is 1. The molecule has 29 heavy (non-hydrogen) atoms. The smallest absolute Gasteiger partial charge is 0.253 e. The van der Waals surface area contributed by atoms with Gasteiger partial charge in [-0.25, -0.2) is 4.39 Å². The molecule has 2 heterocycles. The summed E-state index contributed by atoms with van der Waals surface area (Å²) in [7, 11) is 1.59. The average Bonchev–Trinajstić information content (AvgIpc) is 2.73. The molecule has 0 aliphatic carbocycles. The highest BCUT2D eigenvalue weighted by atomic mass is 19.1. The van der Waals surface area contributed by atoms with Crippen LogP contribution in [0.25, 0.3) is 0 Å². The SMILES string of the molecule is COCCNC(=O)c1ccc(C)nc1C1CCN(C(=O)c2cccc(F)c2)CC1. The number of rotatable bonds is 6. The van der Waals surface area contributed by atoms with Crippen LogP contribution in [0.2, 0.25) is 0 Å². The first kappa shape index (κ1) is 20.9. The van der Waals surface area contributed by atoms with Crippen molar-refractivity contribution in [3.63, 3.8) is 0 Å². The molecule has 154 valence electrons. The topological polar surface area (TPSA) is 71.5 Å². The molecule has 7 heteroatoms. The number of aromatic nitrogens is 1. The van der Waals surface area contributed by atoms with Gasteiger partial charge in [0, 0.05) is 43.9 Å². The molecule has 0 radical (unpaired) electrons. The van der Waals surface area contributed by atoms with Crippen molar-refractivity contribution < 1.29 is 18.7 Å². The molecule has 6 nitrogen and oxygen atoms in total. The Morgan fingerprint density at radius 1 is 1.24 bits per heavy atom. The third-order valence-electron chi connectivity index (χ3n) is 5.14. The van der Waals surface area contributed by atoms with E-state index < -0.39 is 5.82 Å². The van der Waals surface area contributed by atoms with E-state index in [0.29, 0.717) is 50.2 Å². The van der Waals surface area contributed by atoms with Gasteiger partial charge >= 0.3 is 0 Å². The van der Waals surface area contributed by atoms with Crippen LogP contribution < -0.4 is 5.32 Å². The molecule has 1 saturated heterocycles. The number of hydrogen-bond acceptors (Lipinski definition) is 4. The van der Waals surface area contributed by atoms with E-state index in [1.807, 2.05) is 19.1 Å². The summed E-state index contributed by atoms with van der Waals surface area (Å²) in [5, 5.41) is 2.85. The largest absolute Gasteiger partial charge is 0.383 e. The molecule has 1 N–H and O–H groups in total. The molecular weight excluding hydrogens is 373 g/mol. The molecular formula is C22H26FN3O3. The second-order valence-electron chi connectivity index (χ2n) is 7.21. The van der Waals surface area contributed by atoms with Gasteiger partial charge in [0.25, 0.3) is 11.8 Å². The predicted octanol–water partition coefficient (Wildman–Crippen LogP) is 2.93. The van der Waals surface area contributed by atoms with Crippen molar-refractivity contribution >= 4 is 11.8 Å². The number of methoxy groups -OCH3 is 1. The lowest BCUT2D eigenvalue weighted by atomic mass is 9.89. The number of carbonyl (C=O) groups is 2. The lowest BCUT2D eigenvalue weighted by Crippen LogP contribution is -2.38. The lowest BCUT2D eigenvalue weighted by Gasteiger charge is -2.32. The van der Waals surface area contributed by atoms with Crippen molar-refractivity contribution in [2.45, 2.75) is 25.7 Å². The number of nitrogens with one attached hydrogen (secondary N) is 1. The number of ether oxygens (including phenoxy) is 1. The van der Waals surface area contributed by atoms with E-state index in [-0.39, 0.29) is 17.7 Å². The number of hydrogen-bond donors (Lipinski definition) is 1. The summed E-state index contributed by atoms with van der Waals surface area (Å²) in [6.07, 6.45) is 1.41. The minimum absolute atomic E-state index is 0.0923. The van der Waals surface area contributed by atoms with Gasteiger partial charge in [-0.2, -0.15) is 0 Å². The van der Waals surface area contributed by atoms with Crippen molar-refractivity contribution in [3.8, 4) is 0 Å². The first-order valence-electron chi connectivity index (χ1n) is 9.79. The number of nitrogens with zero attached hydrogens (tertiary/aromatic N) is 2. The zero-order chi connectivity index (χ0) is 20.8. The molecule has 0 spiro atoms. The summed E-state index contributed by atoms with van der Waals surface area (Å²) < 4.78 is 18.4. The Labute approximate surface area is 170 Å². The minimum Gasteiger partial charge on any atom is -0.383 e. The van der Waals surface area contributed by atoms with E-state index in [0.717, 1.165) is 11.4 Å². The Morgan fingerprint density at radius 2 is 2.00 bits per heavy atom. The molecule has 1 aliphatic heterocycles. The summed E-state index contributed by atoms with van der Waals surface area (Å²) in [4.78, 5) is 31.6. The van der Waals surface area contributed by atoms with Gasteiger partial charge in [0.05, 0.1) is 17.9 Å². The first-order valence-corrected chi connectivity index (χ1v) is 9.79. The fourth-order valence-corrected chi connectivity index (χ4v) is 3.60. The van der Waals surface area contributed by atoms with Gasteiger partial charge in [-0.1, -0.05) is 6.07 Å². The van der Waals surface area contributed by atoms with Gasteiger partial charge in [-0.15, -0.1) is 0 Å². The predicted molar refractivity (Wildman–Crippen MR) is 107 cm³/mol. The Kier molecular flexibility index (Phi) is 6.93. The number of piperidine rings is 1. The molecule has 1 aromatic heterocycles. The molecule has 0 unspecified atom stereocenters. The van der Waals surface area contributed by atoms with E-state index in [9.17, 15) is 14.0 Å². The zero-order valence-electron chi connectivity index (χ0n) is 16.8. The highest BCUT2D eigenvalue weighted by Gasteiger charge is 2.28. The number of aryl methyl sites for hydroxylation is 1. The van der Waals surface area contributed by atoms with Crippen molar-refractivity contribution in [2.75, 3.05) is 33.4 Å². The number of pyridine rings is 1. The van der Waals surface area contributed by atoms with Crippen LogP contribution >= 0.6 is 0 Å². The Hall–Kier alpha value is -2.80. The standard InChI is InChI=1S/C22H26FN3O3/c1-15-6-7-19(21(27)24-10-13-29-2)20(25-15)16-8-11-26(12-9-16)22(28)17-4-3-5-18(23)14-17/h3-7,14,16H,8-13H2,1-2H3,(H,24,27). The van der Waals surface area contributed by atoms with Crippen molar-refractivity contribution in [1.29, 1.82) is 0 Å². The highest BCUT2D eigenvalue weighted by Crippen LogP contribution is 2.30. The molecule has 0 atom stereocenters. The van der Waals surface area contributed by atoms with Crippen LogP contribution in [0.4, 0.5) is 4.39 Å². The molecule has 1 aromatic carbocycles. The van der Waals surface area contributed by atoms with Crippen molar-refractivity contribution in [3.05, 3.63) is 64.7 Å². The maximum absolute atomic E-state index is 13.4. The lowest BCUT2D eigenvalue weighted by molar-refractivity contribution is 0.0710. The number of halogens is 1. The van der Waals surface area contributed by atoms with E-state index in [2.05, 4.69) is 10.3 Å². The van der Waals surface area contributed by atoms with Crippen LogP contribution in [0.15, 0.2) is 36.4 Å². The number of amides is 2. The van der Waals surface area contributed by atoms with E-state index in [1.165, 1.54) is 12.1 Å². The van der Waals surface area contributed by atoms with E-state index >= 15 is 0 Å². The molecule has 1 aliphatic rings. The second-order valence-corrected chi connectivity index (χ2v) is 7.21. The maximum atomic E-state index is 13.4. The molecule has 0 saturated carbocycles.